The topological polar surface area (TPSA) is 93.7 Å². The molecule has 0 unspecified atom stereocenters. The van der Waals surface area contributed by atoms with E-state index < -0.39 is 17.3 Å². The van der Waals surface area contributed by atoms with Gasteiger partial charge in [0.05, 0.1) is 19.8 Å². The molecule has 0 aliphatic carbocycles. The van der Waals surface area contributed by atoms with Crippen LogP contribution in [0.25, 0.3) is 0 Å². The molecule has 2 aromatic rings. The number of nitrogens with one attached hydrogen (secondary N) is 2. The number of carbonyl (C=O) groups excluding carboxylic acids is 3. The molecule has 7 heteroatoms. The minimum atomic E-state index is -1.29. The zero-order chi connectivity index (χ0) is 21.4. The number of amides is 2. The number of rotatable bonds is 8. The van der Waals surface area contributed by atoms with Crippen molar-refractivity contribution in [2.75, 3.05) is 26.1 Å². The maximum atomic E-state index is 12.6. The molecule has 0 heterocycles. The molecule has 0 spiro atoms. The highest BCUT2D eigenvalue weighted by atomic mass is 16.5. The molecule has 0 saturated carbocycles. The second-order valence-corrected chi connectivity index (χ2v) is 7.01. The molecule has 2 aromatic carbocycles. The highest BCUT2D eigenvalue weighted by molar-refractivity contribution is 6.10. The Morgan fingerprint density at radius 3 is 2.28 bits per heavy atom. The summed E-state index contributed by atoms with van der Waals surface area (Å²) in [6, 6.07) is 13.9. The normalized spacial score (nSPS) is 10.8. The predicted octanol–water partition coefficient (Wildman–Crippen LogP) is 2.81. The van der Waals surface area contributed by atoms with Gasteiger partial charge in [0.2, 0.25) is 11.8 Å². The smallest absolute Gasteiger partial charge is 0.337 e. The second-order valence-electron chi connectivity index (χ2n) is 7.01. The van der Waals surface area contributed by atoms with E-state index in [4.69, 9.17) is 4.74 Å². The van der Waals surface area contributed by atoms with Crippen LogP contribution < -0.4 is 15.4 Å². The number of carbonyl (C=O) groups is 3. The van der Waals surface area contributed by atoms with Crippen molar-refractivity contribution < 1.29 is 23.9 Å². The lowest BCUT2D eigenvalue weighted by molar-refractivity contribution is -0.138. The molecule has 0 aliphatic rings. The molecule has 2 rings (SSSR count). The van der Waals surface area contributed by atoms with Crippen LogP contribution in [0.1, 0.15) is 29.8 Å². The molecule has 29 heavy (non-hydrogen) atoms. The van der Waals surface area contributed by atoms with Gasteiger partial charge in [-0.05, 0) is 56.2 Å². The van der Waals surface area contributed by atoms with Crippen LogP contribution >= 0.6 is 0 Å². The van der Waals surface area contributed by atoms with E-state index in [0.717, 1.165) is 11.3 Å². The van der Waals surface area contributed by atoms with Gasteiger partial charge < -0.3 is 20.1 Å². The van der Waals surface area contributed by atoms with Crippen LogP contribution in [0, 0.1) is 5.41 Å². The van der Waals surface area contributed by atoms with Gasteiger partial charge in [-0.1, -0.05) is 18.2 Å². The Kier molecular flexibility index (Phi) is 7.36. The van der Waals surface area contributed by atoms with Gasteiger partial charge >= 0.3 is 5.97 Å². The third kappa shape index (κ3) is 5.81. The molecule has 2 N–H and O–H groups in total. The number of ether oxygens (including phenoxy) is 2. The zero-order valence-corrected chi connectivity index (χ0v) is 17.1. The Morgan fingerprint density at radius 1 is 0.966 bits per heavy atom. The Morgan fingerprint density at radius 2 is 1.66 bits per heavy atom. The van der Waals surface area contributed by atoms with Crippen molar-refractivity contribution in [3.63, 3.8) is 0 Å². The zero-order valence-electron chi connectivity index (χ0n) is 17.1. The van der Waals surface area contributed by atoms with E-state index in [0.29, 0.717) is 24.2 Å². The molecular formula is C22H26N2O5. The Bertz CT molecular complexity index is 875. The second kappa shape index (κ2) is 9.73. The fourth-order valence-corrected chi connectivity index (χ4v) is 2.57. The monoisotopic (exact) mass is 398 g/mol. The van der Waals surface area contributed by atoms with Gasteiger partial charge in [-0.25, -0.2) is 4.79 Å². The third-order valence-electron chi connectivity index (χ3n) is 4.54. The van der Waals surface area contributed by atoms with Crippen molar-refractivity contribution >= 4 is 23.5 Å². The van der Waals surface area contributed by atoms with Crippen LogP contribution in [-0.2, 0) is 20.7 Å². The molecule has 0 radical (unpaired) electrons. The van der Waals surface area contributed by atoms with Crippen LogP contribution in [0.2, 0.25) is 0 Å². The third-order valence-corrected chi connectivity index (χ3v) is 4.54. The summed E-state index contributed by atoms with van der Waals surface area (Å²) in [6.07, 6.45) is 0.634. The van der Waals surface area contributed by atoms with Crippen molar-refractivity contribution in [2.24, 2.45) is 5.41 Å². The summed E-state index contributed by atoms with van der Waals surface area (Å²) >= 11 is 0. The van der Waals surface area contributed by atoms with Crippen molar-refractivity contribution in [3.05, 3.63) is 59.7 Å². The highest BCUT2D eigenvalue weighted by Gasteiger charge is 2.35. The standard InChI is InChI=1S/C22H26N2O5/c1-22(2,20(26)23-13-12-15-8-10-18(28-3)11-9-15)21(27)24-17-7-5-6-16(14-17)19(25)29-4/h5-11,14H,12-13H2,1-4H3,(H,23,26)(H,24,27). The van der Waals surface area contributed by atoms with Crippen LogP contribution in [0.5, 0.6) is 5.75 Å². The first-order valence-corrected chi connectivity index (χ1v) is 9.19. The lowest BCUT2D eigenvalue weighted by atomic mass is 9.90. The van der Waals surface area contributed by atoms with Crippen LogP contribution in [-0.4, -0.2) is 38.5 Å². The number of hydrogen-bond donors (Lipinski definition) is 2. The summed E-state index contributed by atoms with van der Waals surface area (Å²) in [5.74, 6) is -0.586. The largest absolute Gasteiger partial charge is 0.497 e. The van der Waals surface area contributed by atoms with Crippen LogP contribution in [0.4, 0.5) is 5.69 Å². The Hall–Kier alpha value is -3.35. The molecule has 2 amide bonds. The van der Waals surface area contributed by atoms with E-state index in [1.807, 2.05) is 24.3 Å². The lowest BCUT2D eigenvalue weighted by Gasteiger charge is -2.23. The van der Waals surface area contributed by atoms with E-state index in [2.05, 4.69) is 15.4 Å². The summed E-state index contributed by atoms with van der Waals surface area (Å²) in [7, 11) is 2.89. The summed E-state index contributed by atoms with van der Waals surface area (Å²) in [6.45, 7) is 3.50. The number of benzene rings is 2. The lowest BCUT2D eigenvalue weighted by Crippen LogP contribution is -2.45. The molecule has 0 aromatic heterocycles. The average molecular weight is 398 g/mol. The molecule has 0 fully saturated rings. The van der Waals surface area contributed by atoms with Crippen molar-refractivity contribution in [1.29, 1.82) is 0 Å². The number of esters is 1. The first kappa shape index (κ1) is 21.9. The first-order valence-electron chi connectivity index (χ1n) is 9.19. The molecule has 0 saturated heterocycles. The number of anilines is 1. The average Bonchev–Trinajstić information content (AvgIpc) is 2.73. The fraction of sp³-hybridized carbons (Fsp3) is 0.318. The summed E-state index contributed by atoms with van der Waals surface area (Å²) in [4.78, 5) is 36.8. The van der Waals surface area contributed by atoms with Gasteiger partial charge in [0.15, 0.2) is 0 Å². The fourth-order valence-electron chi connectivity index (χ4n) is 2.57. The Labute approximate surface area is 170 Å². The quantitative estimate of drug-likeness (QED) is 0.527. The van der Waals surface area contributed by atoms with Crippen LogP contribution in [0.15, 0.2) is 48.5 Å². The molecule has 0 bridgehead atoms. The number of methoxy groups -OCH3 is 2. The van der Waals surface area contributed by atoms with Crippen LogP contribution in [0.3, 0.4) is 0 Å². The highest BCUT2D eigenvalue weighted by Crippen LogP contribution is 2.20. The summed E-state index contributed by atoms with van der Waals surface area (Å²) in [5.41, 5.74) is 0.485. The van der Waals surface area contributed by atoms with Crippen molar-refractivity contribution in [2.45, 2.75) is 20.3 Å². The van der Waals surface area contributed by atoms with Gasteiger partial charge in [0.1, 0.15) is 11.2 Å². The van der Waals surface area contributed by atoms with E-state index in [1.54, 1.807) is 39.2 Å². The van der Waals surface area contributed by atoms with E-state index in [9.17, 15) is 14.4 Å². The minimum absolute atomic E-state index is 0.312. The maximum absolute atomic E-state index is 12.6. The summed E-state index contributed by atoms with van der Waals surface area (Å²) in [5, 5.41) is 5.48. The van der Waals surface area contributed by atoms with Gasteiger partial charge in [-0.15, -0.1) is 0 Å². The van der Waals surface area contributed by atoms with E-state index in [1.165, 1.54) is 13.2 Å². The molecule has 0 aliphatic heterocycles. The minimum Gasteiger partial charge on any atom is -0.497 e. The van der Waals surface area contributed by atoms with Gasteiger partial charge in [-0.2, -0.15) is 0 Å². The van der Waals surface area contributed by atoms with Crippen molar-refractivity contribution in [1.82, 2.24) is 5.32 Å². The summed E-state index contributed by atoms with van der Waals surface area (Å²) < 4.78 is 9.79. The maximum Gasteiger partial charge on any atom is 0.337 e. The molecule has 154 valence electrons. The molecule has 7 nitrogen and oxygen atoms in total. The van der Waals surface area contributed by atoms with Crippen molar-refractivity contribution in [3.8, 4) is 5.75 Å². The van der Waals surface area contributed by atoms with Gasteiger partial charge in [0.25, 0.3) is 0 Å². The van der Waals surface area contributed by atoms with E-state index >= 15 is 0 Å². The number of hydrogen-bond acceptors (Lipinski definition) is 5. The van der Waals surface area contributed by atoms with Gasteiger partial charge in [-0.3, -0.25) is 9.59 Å². The SMILES string of the molecule is COC(=O)c1cccc(NC(=O)C(C)(C)C(=O)NCCc2ccc(OC)cc2)c1. The predicted molar refractivity (Wildman–Crippen MR) is 110 cm³/mol. The first-order chi connectivity index (χ1) is 13.8. The molecule has 0 atom stereocenters. The Balaban J connectivity index is 1.93. The van der Waals surface area contributed by atoms with Gasteiger partial charge in [0, 0.05) is 12.2 Å². The van der Waals surface area contributed by atoms with E-state index in [-0.39, 0.29) is 5.91 Å². The molecular weight excluding hydrogens is 372 g/mol.